The van der Waals surface area contributed by atoms with E-state index in [9.17, 15) is 18.4 Å². The Morgan fingerprint density at radius 2 is 1.83 bits per heavy atom. The first-order valence-corrected chi connectivity index (χ1v) is 9.70. The Morgan fingerprint density at radius 3 is 2.55 bits per heavy atom. The highest BCUT2D eigenvalue weighted by Crippen LogP contribution is 2.19. The topological polar surface area (TPSA) is 88.9 Å². The number of carbonyl (C=O) groups is 2. The summed E-state index contributed by atoms with van der Waals surface area (Å²) in [6, 6.07) is 10.4. The van der Waals surface area contributed by atoms with Gasteiger partial charge in [-0.25, -0.2) is 13.5 Å². The first-order chi connectivity index (χ1) is 13.9. The SMILES string of the molecule is CSc1cccc(NC(=O)Cn2nnc(C(=O)Nc3ccc(F)c(F)c3)c2C)c1. The minimum Gasteiger partial charge on any atom is -0.324 e. The maximum absolute atomic E-state index is 13.3. The van der Waals surface area contributed by atoms with E-state index in [1.54, 1.807) is 24.8 Å². The van der Waals surface area contributed by atoms with E-state index in [1.165, 1.54) is 10.7 Å². The Morgan fingerprint density at radius 1 is 1.07 bits per heavy atom. The minimum absolute atomic E-state index is 0.0214. The fraction of sp³-hybridized carbons (Fsp3) is 0.158. The molecule has 0 aliphatic heterocycles. The number of rotatable bonds is 6. The van der Waals surface area contributed by atoms with Crippen molar-refractivity contribution in [2.75, 3.05) is 16.9 Å². The molecule has 3 rings (SSSR count). The molecule has 0 aliphatic rings. The molecular formula is C19H17F2N5O2S. The molecule has 0 bridgehead atoms. The van der Waals surface area contributed by atoms with E-state index in [1.807, 2.05) is 24.5 Å². The van der Waals surface area contributed by atoms with E-state index >= 15 is 0 Å². The van der Waals surface area contributed by atoms with Gasteiger partial charge in [-0.2, -0.15) is 0 Å². The molecule has 10 heteroatoms. The number of benzene rings is 2. The van der Waals surface area contributed by atoms with Gasteiger partial charge in [0.25, 0.3) is 5.91 Å². The van der Waals surface area contributed by atoms with Crippen molar-refractivity contribution in [3.63, 3.8) is 0 Å². The van der Waals surface area contributed by atoms with Gasteiger partial charge >= 0.3 is 0 Å². The lowest BCUT2D eigenvalue weighted by Gasteiger charge is -2.08. The van der Waals surface area contributed by atoms with Gasteiger partial charge in [0.05, 0.1) is 5.69 Å². The van der Waals surface area contributed by atoms with Crippen molar-refractivity contribution >= 4 is 35.0 Å². The molecule has 7 nitrogen and oxygen atoms in total. The second-order valence-corrected chi connectivity index (χ2v) is 6.92. The van der Waals surface area contributed by atoms with Gasteiger partial charge in [-0.3, -0.25) is 9.59 Å². The molecule has 1 heterocycles. The van der Waals surface area contributed by atoms with Gasteiger partial charge in [0.2, 0.25) is 5.91 Å². The number of halogens is 2. The van der Waals surface area contributed by atoms with Crippen LogP contribution in [0.1, 0.15) is 16.2 Å². The van der Waals surface area contributed by atoms with Gasteiger partial charge in [0, 0.05) is 22.3 Å². The van der Waals surface area contributed by atoms with Gasteiger partial charge in [-0.15, -0.1) is 16.9 Å². The Labute approximate surface area is 169 Å². The third kappa shape index (κ3) is 4.96. The maximum Gasteiger partial charge on any atom is 0.278 e. The predicted molar refractivity (Wildman–Crippen MR) is 106 cm³/mol. The molecule has 2 amide bonds. The third-order valence-electron chi connectivity index (χ3n) is 4.02. The van der Waals surface area contributed by atoms with Crippen molar-refractivity contribution in [1.29, 1.82) is 0 Å². The molecule has 0 saturated heterocycles. The molecule has 2 N–H and O–H groups in total. The van der Waals surface area contributed by atoms with Crippen molar-refractivity contribution in [2.24, 2.45) is 0 Å². The van der Waals surface area contributed by atoms with Crippen LogP contribution in [0.2, 0.25) is 0 Å². The largest absolute Gasteiger partial charge is 0.324 e. The summed E-state index contributed by atoms with van der Waals surface area (Å²) in [7, 11) is 0. The zero-order valence-corrected chi connectivity index (χ0v) is 16.4. The van der Waals surface area contributed by atoms with Crippen LogP contribution < -0.4 is 10.6 Å². The lowest BCUT2D eigenvalue weighted by Crippen LogP contribution is -2.21. The van der Waals surface area contributed by atoms with Crippen LogP contribution in [0.4, 0.5) is 20.2 Å². The van der Waals surface area contributed by atoms with E-state index in [4.69, 9.17) is 0 Å². The number of nitrogens with one attached hydrogen (secondary N) is 2. The third-order valence-corrected chi connectivity index (χ3v) is 4.75. The molecule has 0 radical (unpaired) electrons. The lowest BCUT2D eigenvalue weighted by molar-refractivity contribution is -0.117. The first-order valence-electron chi connectivity index (χ1n) is 8.47. The van der Waals surface area contributed by atoms with Gasteiger partial charge in [0.1, 0.15) is 6.54 Å². The monoisotopic (exact) mass is 417 g/mol. The molecule has 1 aromatic heterocycles. The van der Waals surface area contributed by atoms with E-state index in [0.717, 1.165) is 17.0 Å². The quantitative estimate of drug-likeness (QED) is 0.600. The fourth-order valence-electron chi connectivity index (χ4n) is 2.52. The van der Waals surface area contributed by atoms with Crippen LogP contribution in [0.3, 0.4) is 0 Å². The zero-order valence-electron chi connectivity index (χ0n) is 15.6. The lowest BCUT2D eigenvalue weighted by atomic mass is 10.2. The van der Waals surface area contributed by atoms with Gasteiger partial charge < -0.3 is 10.6 Å². The molecule has 29 heavy (non-hydrogen) atoms. The van der Waals surface area contributed by atoms with Crippen molar-refractivity contribution in [1.82, 2.24) is 15.0 Å². The Bertz CT molecular complexity index is 1070. The number of nitrogens with zero attached hydrogens (tertiary/aromatic N) is 3. The number of amides is 2. The normalized spacial score (nSPS) is 10.6. The second kappa shape index (κ2) is 8.82. The number of carbonyl (C=O) groups excluding carboxylic acids is 2. The average Bonchev–Trinajstić information content (AvgIpc) is 3.05. The van der Waals surface area contributed by atoms with E-state index in [0.29, 0.717) is 11.4 Å². The van der Waals surface area contributed by atoms with Crippen molar-refractivity contribution in [2.45, 2.75) is 18.4 Å². The molecule has 0 aliphatic carbocycles. The maximum atomic E-state index is 13.3. The van der Waals surface area contributed by atoms with E-state index in [2.05, 4.69) is 20.9 Å². The van der Waals surface area contributed by atoms with Crippen LogP contribution in [0.15, 0.2) is 47.4 Å². The van der Waals surface area contributed by atoms with Crippen LogP contribution in [0.25, 0.3) is 0 Å². The molecule has 0 atom stereocenters. The van der Waals surface area contributed by atoms with Crippen LogP contribution >= 0.6 is 11.8 Å². The van der Waals surface area contributed by atoms with Gasteiger partial charge in [0.15, 0.2) is 17.3 Å². The first kappa shape index (κ1) is 20.5. The van der Waals surface area contributed by atoms with Crippen LogP contribution in [0.5, 0.6) is 0 Å². The summed E-state index contributed by atoms with van der Waals surface area (Å²) >= 11 is 1.56. The Hall–Kier alpha value is -3.27. The molecule has 3 aromatic rings. The van der Waals surface area contributed by atoms with Gasteiger partial charge in [-0.1, -0.05) is 11.3 Å². The smallest absolute Gasteiger partial charge is 0.278 e. The number of hydrogen-bond donors (Lipinski definition) is 2. The molecular weight excluding hydrogens is 400 g/mol. The van der Waals surface area contributed by atoms with Crippen molar-refractivity contribution in [3.8, 4) is 0 Å². The Balaban J connectivity index is 1.67. The van der Waals surface area contributed by atoms with E-state index in [-0.39, 0.29) is 23.8 Å². The van der Waals surface area contributed by atoms with Crippen LogP contribution in [-0.2, 0) is 11.3 Å². The highest BCUT2D eigenvalue weighted by molar-refractivity contribution is 7.98. The molecule has 0 unspecified atom stereocenters. The Kier molecular flexibility index (Phi) is 6.23. The number of thioether (sulfide) groups is 1. The van der Waals surface area contributed by atoms with Crippen LogP contribution in [-0.4, -0.2) is 33.1 Å². The highest BCUT2D eigenvalue weighted by Gasteiger charge is 2.18. The summed E-state index contributed by atoms with van der Waals surface area (Å²) in [6.45, 7) is 1.45. The summed E-state index contributed by atoms with van der Waals surface area (Å²) in [5, 5.41) is 12.8. The molecule has 0 spiro atoms. The van der Waals surface area contributed by atoms with Crippen molar-refractivity contribution < 1.29 is 18.4 Å². The highest BCUT2D eigenvalue weighted by atomic mass is 32.2. The summed E-state index contributed by atoms with van der Waals surface area (Å²) in [4.78, 5) is 25.6. The summed E-state index contributed by atoms with van der Waals surface area (Å²) in [5.41, 5.74) is 1.07. The summed E-state index contributed by atoms with van der Waals surface area (Å²) < 4.78 is 27.6. The van der Waals surface area contributed by atoms with Gasteiger partial charge in [-0.05, 0) is 43.5 Å². The number of aromatic nitrogens is 3. The number of hydrogen-bond acceptors (Lipinski definition) is 5. The zero-order chi connectivity index (χ0) is 21.0. The standard InChI is InChI=1S/C19H17F2N5O2S/c1-11-18(19(28)23-13-6-7-15(20)16(21)9-13)24-25-26(11)10-17(27)22-12-4-3-5-14(8-12)29-2/h3-9H,10H2,1-2H3,(H,22,27)(H,23,28). The molecule has 2 aromatic carbocycles. The summed E-state index contributed by atoms with van der Waals surface area (Å²) in [5.74, 6) is -3.07. The molecule has 0 fully saturated rings. The summed E-state index contributed by atoms with van der Waals surface area (Å²) in [6.07, 6.45) is 1.94. The van der Waals surface area contributed by atoms with E-state index < -0.39 is 17.5 Å². The average molecular weight is 417 g/mol. The number of anilines is 2. The van der Waals surface area contributed by atoms with Crippen molar-refractivity contribution in [3.05, 3.63) is 65.5 Å². The fourth-order valence-corrected chi connectivity index (χ4v) is 2.98. The predicted octanol–water partition coefficient (Wildman–Crippen LogP) is 3.48. The second-order valence-electron chi connectivity index (χ2n) is 6.04. The van der Waals surface area contributed by atoms with Crippen LogP contribution in [0, 0.1) is 18.6 Å². The minimum atomic E-state index is -1.08. The molecule has 150 valence electrons. The molecule has 0 saturated carbocycles.